The highest BCUT2D eigenvalue weighted by Gasteiger charge is 2.09. The Labute approximate surface area is 121 Å². The molecule has 4 heteroatoms. The molecule has 1 N–H and O–H groups in total. The maximum absolute atomic E-state index is 13.0. The lowest BCUT2D eigenvalue weighted by atomic mass is 10.0. The fourth-order valence-corrected chi connectivity index (χ4v) is 2.23. The summed E-state index contributed by atoms with van der Waals surface area (Å²) in [6, 6.07) is 11.8. The van der Waals surface area contributed by atoms with E-state index in [9.17, 15) is 9.50 Å². The number of hydrogen-bond donors (Lipinski definition) is 1. The molecule has 2 aromatic carbocycles. The van der Waals surface area contributed by atoms with Crippen LogP contribution in [0.3, 0.4) is 0 Å². The van der Waals surface area contributed by atoms with Crippen LogP contribution in [0.25, 0.3) is 0 Å². The van der Waals surface area contributed by atoms with Crippen LogP contribution in [0.5, 0.6) is 0 Å². The third-order valence-corrected chi connectivity index (χ3v) is 3.38. The molecule has 0 amide bonds. The zero-order chi connectivity index (χ0) is 13.8. The Hall–Kier alpha value is -1.09. The molecule has 0 aliphatic rings. The highest BCUT2D eigenvalue weighted by atomic mass is 35.5. The molecule has 0 aliphatic heterocycles. The van der Waals surface area contributed by atoms with Gasteiger partial charge in [-0.3, -0.25) is 0 Å². The van der Waals surface area contributed by atoms with Crippen LogP contribution >= 0.6 is 23.2 Å². The fourth-order valence-electron chi connectivity index (χ4n) is 1.90. The molecule has 19 heavy (non-hydrogen) atoms. The van der Waals surface area contributed by atoms with Gasteiger partial charge in [-0.15, -0.1) is 0 Å². The van der Waals surface area contributed by atoms with Gasteiger partial charge in [-0.2, -0.15) is 0 Å². The minimum absolute atomic E-state index is 0.0798. The van der Waals surface area contributed by atoms with Crippen LogP contribution in [0, 0.1) is 5.82 Å². The van der Waals surface area contributed by atoms with Crippen LogP contribution in [0.2, 0.25) is 10.0 Å². The minimum atomic E-state index is -0.539. The van der Waals surface area contributed by atoms with Crippen molar-refractivity contribution in [3.63, 3.8) is 0 Å². The lowest BCUT2D eigenvalue weighted by Gasteiger charge is -2.11. The molecule has 100 valence electrons. The second-order valence-corrected chi connectivity index (χ2v) is 5.28. The molecule has 1 atom stereocenters. The van der Waals surface area contributed by atoms with Gasteiger partial charge < -0.3 is 5.11 Å². The van der Waals surface area contributed by atoms with Crippen molar-refractivity contribution in [2.75, 3.05) is 0 Å². The van der Waals surface area contributed by atoms with Gasteiger partial charge in [-0.1, -0.05) is 41.4 Å². The van der Waals surface area contributed by atoms with Crippen LogP contribution in [0.4, 0.5) is 4.39 Å². The molecule has 1 unspecified atom stereocenters. The average Bonchev–Trinajstić information content (AvgIpc) is 2.37. The molecular formula is C15H13Cl2FO. The summed E-state index contributed by atoms with van der Waals surface area (Å²) in [7, 11) is 0. The maximum Gasteiger partial charge on any atom is 0.141 e. The fraction of sp³-hybridized carbons (Fsp3) is 0.200. The standard InChI is InChI=1S/C15H13Cl2FO/c16-12-4-1-10(2-5-12)7-13(19)8-11-3-6-15(18)14(17)9-11/h1-6,9,13,19H,7-8H2. The van der Waals surface area contributed by atoms with E-state index < -0.39 is 11.9 Å². The van der Waals surface area contributed by atoms with Gasteiger partial charge in [0.1, 0.15) is 5.82 Å². The van der Waals surface area contributed by atoms with Gasteiger partial charge in [0.05, 0.1) is 11.1 Å². The van der Waals surface area contributed by atoms with Gasteiger partial charge in [-0.05, 0) is 48.2 Å². The summed E-state index contributed by atoms with van der Waals surface area (Å²) in [6.07, 6.45) is 0.414. The normalized spacial score (nSPS) is 12.4. The third-order valence-electron chi connectivity index (χ3n) is 2.84. The van der Waals surface area contributed by atoms with Crippen LogP contribution in [0.1, 0.15) is 11.1 Å². The van der Waals surface area contributed by atoms with Gasteiger partial charge in [0.2, 0.25) is 0 Å². The van der Waals surface area contributed by atoms with E-state index in [1.54, 1.807) is 24.3 Å². The molecule has 1 nitrogen and oxygen atoms in total. The highest BCUT2D eigenvalue weighted by Crippen LogP contribution is 2.18. The molecule has 2 rings (SSSR count). The number of benzene rings is 2. The first-order valence-electron chi connectivity index (χ1n) is 5.91. The molecule has 0 radical (unpaired) electrons. The molecule has 0 aliphatic carbocycles. The Balaban J connectivity index is 1.98. The van der Waals surface area contributed by atoms with Crippen molar-refractivity contribution in [3.8, 4) is 0 Å². The minimum Gasteiger partial charge on any atom is -0.392 e. The first kappa shape index (κ1) is 14.3. The Morgan fingerprint density at radius 3 is 2.16 bits per heavy atom. The monoisotopic (exact) mass is 298 g/mol. The summed E-state index contributed by atoms with van der Waals surface area (Å²) in [4.78, 5) is 0. The predicted octanol–water partition coefficient (Wildman–Crippen LogP) is 4.28. The second kappa shape index (κ2) is 6.38. The second-order valence-electron chi connectivity index (χ2n) is 4.44. The van der Waals surface area contributed by atoms with E-state index in [0.29, 0.717) is 17.9 Å². The lowest BCUT2D eigenvalue weighted by molar-refractivity contribution is 0.175. The van der Waals surface area contributed by atoms with E-state index >= 15 is 0 Å². The van der Waals surface area contributed by atoms with E-state index in [0.717, 1.165) is 11.1 Å². The van der Waals surface area contributed by atoms with Crippen molar-refractivity contribution in [3.05, 3.63) is 69.5 Å². The van der Waals surface area contributed by atoms with E-state index in [-0.39, 0.29) is 5.02 Å². The van der Waals surface area contributed by atoms with E-state index in [2.05, 4.69) is 0 Å². The summed E-state index contributed by atoms with van der Waals surface area (Å²) >= 11 is 11.5. The molecule has 0 saturated carbocycles. The lowest BCUT2D eigenvalue weighted by Crippen LogP contribution is -2.13. The molecule has 0 spiro atoms. The largest absolute Gasteiger partial charge is 0.392 e. The SMILES string of the molecule is OC(Cc1ccc(Cl)cc1)Cc1ccc(F)c(Cl)c1. The van der Waals surface area contributed by atoms with Gasteiger partial charge in [-0.25, -0.2) is 4.39 Å². The first-order chi connectivity index (χ1) is 9.04. The Bertz CT molecular complexity index is 555. The van der Waals surface area contributed by atoms with Gasteiger partial charge in [0.25, 0.3) is 0 Å². The number of aliphatic hydroxyl groups excluding tert-OH is 1. The van der Waals surface area contributed by atoms with Crippen LogP contribution in [-0.4, -0.2) is 11.2 Å². The van der Waals surface area contributed by atoms with Crippen molar-refractivity contribution in [1.82, 2.24) is 0 Å². The Morgan fingerprint density at radius 1 is 0.947 bits per heavy atom. The summed E-state index contributed by atoms with van der Waals surface area (Å²) in [5.41, 5.74) is 1.82. The Kier molecular flexibility index (Phi) is 4.81. The van der Waals surface area contributed by atoms with Crippen molar-refractivity contribution >= 4 is 23.2 Å². The van der Waals surface area contributed by atoms with Crippen LogP contribution < -0.4 is 0 Å². The average molecular weight is 299 g/mol. The van der Waals surface area contributed by atoms with Gasteiger partial charge >= 0.3 is 0 Å². The smallest absolute Gasteiger partial charge is 0.141 e. The van der Waals surface area contributed by atoms with Crippen molar-refractivity contribution in [1.29, 1.82) is 0 Å². The highest BCUT2D eigenvalue weighted by molar-refractivity contribution is 6.31. The molecule has 0 fully saturated rings. The zero-order valence-electron chi connectivity index (χ0n) is 10.1. The van der Waals surface area contributed by atoms with Crippen LogP contribution in [0.15, 0.2) is 42.5 Å². The number of rotatable bonds is 4. The number of hydrogen-bond acceptors (Lipinski definition) is 1. The predicted molar refractivity (Wildman–Crippen MR) is 76.3 cm³/mol. The van der Waals surface area contributed by atoms with E-state index in [1.165, 1.54) is 6.07 Å². The quantitative estimate of drug-likeness (QED) is 0.893. The van der Waals surface area contributed by atoms with E-state index in [4.69, 9.17) is 23.2 Å². The summed E-state index contributed by atoms with van der Waals surface area (Å²) in [5, 5.41) is 10.8. The van der Waals surface area contributed by atoms with Crippen molar-refractivity contribution in [2.24, 2.45) is 0 Å². The molecule has 0 aromatic heterocycles. The summed E-state index contributed by atoms with van der Waals surface area (Å²) in [5.74, 6) is -0.447. The summed E-state index contributed by atoms with van der Waals surface area (Å²) < 4.78 is 13.0. The number of halogens is 3. The van der Waals surface area contributed by atoms with E-state index in [1.807, 2.05) is 12.1 Å². The molecular weight excluding hydrogens is 286 g/mol. The molecule has 0 saturated heterocycles. The zero-order valence-corrected chi connectivity index (χ0v) is 11.6. The number of aliphatic hydroxyl groups is 1. The Morgan fingerprint density at radius 2 is 1.53 bits per heavy atom. The molecule has 2 aromatic rings. The summed E-state index contributed by atoms with van der Waals surface area (Å²) in [6.45, 7) is 0. The van der Waals surface area contributed by atoms with Gasteiger partial charge in [0, 0.05) is 5.02 Å². The van der Waals surface area contributed by atoms with Crippen molar-refractivity contribution < 1.29 is 9.50 Å². The van der Waals surface area contributed by atoms with Crippen molar-refractivity contribution in [2.45, 2.75) is 18.9 Å². The molecule has 0 heterocycles. The molecule has 0 bridgehead atoms. The topological polar surface area (TPSA) is 20.2 Å². The maximum atomic E-state index is 13.0. The first-order valence-corrected chi connectivity index (χ1v) is 6.66. The third kappa shape index (κ3) is 4.20. The van der Waals surface area contributed by atoms with Crippen LogP contribution in [-0.2, 0) is 12.8 Å². The van der Waals surface area contributed by atoms with Gasteiger partial charge in [0.15, 0.2) is 0 Å².